The SMILES string of the molecule is N#Cc1nccc(N2CC(S(=O)(=O)c3ccccc3C(F)(F)F)CC2C(=O)NC2(C#N)CC2)n1. The van der Waals surface area contributed by atoms with Gasteiger partial charge in [-0.3, -0.25) is 4.79 Å². The molecule has 1 aliphatic heterocycles. The van der Waals surface area contributed by atoms with Gasteiger partial charge in [0, 0.05) is 12.7 Å². The van der Waals surface area contributed by atoms with Crippen LogP contribution in [0.2, 0.25) is 0 Å². The number of hydrogen-bond acceptors (Lipinski definition) is 8. The molecule has 2 fully saturated rings. The smallest absolute Gasteiger partial charge is 0.343 e. The van der Waals surface area contributed by atoms with Crippen molar-refractivity contribution in [2.45, 2.75) is 47.2 Å². The first-order valence-corrected chi connectivity index (χ1v) is 11.7. The first kappa shape index (κ1) is 23.4. The highest BCUT2D eigenvalue weighted by Gasteiger charge is 2.50. The Morgan fingerprint density at radius 2 is 1.91 bits per heavy atom. The van der Waals surface area contributed by atoms with E-state index in [2.05, 4.69) is 15.3 Å². The molecule has 1 aromatic carbocycles. The number of amides is 1. The summed E-state index contributed by atoms with van der Waals surface area (Å²) in [5.41, 5.74) is -2.32. The molecule has 4 rings (SSSR count). The fourth-order valence-electron chi connectivity index (χ4n) is 3.92. The average Bonchev–Trinajstić information content (AvgIpc) is 3.43. The third-order valence-electron chi connectivity index (χ3n) is 5.86. The summed E-state index contributed by atoms with van der Waals surface area (Å²) >= 11 is 0. The maximum Gasteiger partial charge on any atom is 0.417 e. The molecular formula is C21H17F3N6O3S. The second-order valence-corrected chi connectivity index (χ2v) is 10.3. The fourth-order valence-corrected chi connectivity index (χ4v) is 5.83. The zero-order valence-electron chi connectivity index (χ0n) is 17.5. The average molecular weight is 490 g/mol. The summed E-state index contributed by atoms with van der Waals surface area (Å²) < 4.78 is 67.2. The molecule has 1 saturated heterocycles. The first-order chi connectivity index (χ1) is 16.0. The number of rotatable bonds is 5. The Bertz CT molecular complexity index is 1330. The molecule has 2 atom stereocenters. The van der Waals surface area contributed by atoms with Gasteiger partial charge in [0.15, 0.2) is 9.84 Å². The normalized spacial score (nSPS) is 21.4. The fraction of sp³-hybridized carbons (Fsp3) is 0.381. The lowest BCUT2D eigenvalue weighted by Gasteiger charge is -2.25. The van der Waals surface area contributed by atoms with E-state index in [1.54, 1.807) is 6.07 Å². The van der Waals surface area contributed by atoms with E-state index in [1.807, 2.05) is 6.07 Å². The largest absolute Gasteiger partial charge is 0.417 e. The zero-order valence-corrected chi connectivity index (χ0v) is 18.3. The summed E-state index contributed by atoms with van der Waals surface area (Å²) in [5.74, 6) is -0.783. The Hall–Kier alpha value is -3.71. The van der Waals surface area contributed by atoms with Crippen LogP contribution < -0.4 is 10.2 Å². The van der Waals surface area contributed by atoms with Gasteiger partial charge in [0.05, 0.1) is 21.8 Å². The van der Waals surface area contributed by atoms with Crippen molar-refractivity contribution in [3.05, 3.63) is 47.9 Å². The standard InChI is InChI=1S/C21H17F3N6O3S/c22-21(23,24)14-3-1-2-4-16(14)34(32,33)13-9-15(19(31)29-20(12-26)6-7-20)30(11-13)18-5-8-27-17(10-25)28-18/h1-5,8,13,15H,6-7,9,11H2,(H,29,31). The molecule has 13 heteroatoms. The van der Waals surface area contributed by atoms with Crippen LogP contribution in [0.4, 0.5) is 19.0 Å². The van der Waals surface area contributed by atoms with Crippen molar-refractivity contribution in [2.75, 3.05) is 11.4 Å². The minimum atomic E-state index is -4.89. The van der Waals surface area contributed by atoms with Crippen LogP contribution in [-0.2, 0) is 20.8 Å². The van der Waals surface area contributed by atoms with E-state index in [9.17, 15) is 31.6 Å². The number of halogens is 3. The monoisotopic (exact) mass is 490 g/mol. The number of nitrogens with one attached hydrogen (secondary N) is 1. The number of benzene rings is 1. The van der Waals surface area contributed by atoms with E-state index in [4.69, 9.17) is 5.26 Å². The Morgan fingerprint density at radius 1 is 1.21 bits per heavy atom. The van der Waals surface area contributed by atoms with Gasteiger partial charge in [-0.25, -0.2) is 18.4 Å². The Balaban J connectivity index is 1.72. The van der Waals surface area contributed by atoms with Gasteiger partial charge in [0.25, 0.3) is 0 Å². The second kappa shape index (κ2) is 8.25. The van der Waals surface area contributed by atoms with Gasteiger partial charge in [-0.15, -0.1) is 0 Å². The number of sulfone groups is 1. The van der Waals surface area contributed by atoms with Crippen LogP contribution in [0, 0.1) is 22.7 Å². The van der Waals surface area contributed by atoms with Gasteiger partial charge < -0.3 is 10.2 Å². The maximum absolute atomic E-state index is 13.5. The number of nitriles is 2. The van der Waals surface area contributed by atoms with Gasteiger partial charge in [-0.2, -0.15) is 23.7 Å². The number of anilines is 1. The number of alkyl halides is 3. The number of nitrogens with zero attached hydrogens (tertiary/aromatic N) is 5. The van der Waals surface area contributed by atoms with Gasteiger partial charge >= 0.3 is 6.18 Å². The van der Waals surface area contributed by atoms with Crippen LogP contribution in [0.1, 0.15) is 30.7 Å². The molecule has 1 amide bonds. The molecule has 0 spiro atoms. The minimum absolute atomic E-state index is 0.0790. The van der Waals surface area contributed by atoms with Crippen molar-refractivity contribution in [3.8, 4) is 12.1 Å². The van der Waals surface area contributed by atoms with Crippen molar-refractivity contribution >= 4 is 21.6 Å². The second-order valence-electron chi connectivity index (χ2n) is 8.10. The molecule has 0 bridgehead atoms. The highest BCUT2D eigenvalue weighted by molar-refractivity contribution is 7.92. The zero-order chi connectivity index (χ0) is 24.7. The van der Waals surface area contributed by atoms with E-state index < -0.39 is 49.2 Å². The third-order valence-corrected chi connectivity index (χ3v) is 8.05. The predicted octanol–water partition coefficient (Wildman–Crippen LogP) is 1.96. The minimum Gasteiger partial charge on any atom is -0.343 e. The molecule has 176 valence electrons. The van der Waals surface area contributed by atoms with Crippen molar-refractivity contribution in [1.29, 1.82) is 10.5 Å². The van der Waals surface area contributed by atoms with E-state index >= 15 is 0 Å². The summed E-state index contributed by atoms with van der Waals surface area (Å²) in [6.45, 7) is -0.339. The molecule has 9 nitrogen and oxygen atoms in total. The maximum atomic E-state index is 13.5. The van der Waals surface area contributed by atoms with Gasteiger partial charge in [0.1, 0.15) is 23.5 Å². The van der Waals surface area contributed by atoms with Crippen molar-refractivity contribution < 1.29 is 26.4 Å². The highest BCUT2D eigenvalue weighted by Crippen LogP contribution is 2.39. The van der Waals surface area contributed by atoms with Crippen LogP contribution in [0.5, 0.6) is 0 Å². The molecule has 2 aromatic rings. The summed E-state index contributed by atoms with van der Waals surface area (Å²) in [7, 11) is -4.52. The number of aromatic nitrogens is 2. The quantitative estimate of drug-likeness (QED) is 0.671. The van der Waals surface area contributed by atoms with Gasteiger partial charge in [-0.05, 0) is 37.5 Å². The lowest BCUT2D eigenvalue weighted by Crippen LogP contribution is -2.48. The summed E-state index contributed by atoms with van der Waals surface area (Å²) in [5, 5.41) is 19.6. The molecule has 1 N–H and O–H groups in total. The predicted molar refractivity (Wildman–Crippen MR) is 111 cm³/mol. The van der Waals surface area contributed by atoms with Gasteiger partial charge in [-0.1, -0.05) is 12.1 Å². The number of carbonyl (C=O) groups is 1. The molecule has 2 aliphatic rings. The lowest BCUT2D eigenvalue weighted by molar-refractivity contribution is -0.139. The van der Waals surface area contributed by atoms with Crippen LogP contribution in [0.25, 0.3) is 0 Å². The molecule has 0 radical (unpaired) electrons. The Kier molecular flexibility index (Phi) is 5.69. The Morgan fingerprint density at radius 3 is 2.53 bits per heavy atom. The summed E-state index contributed by atoms with van der Waals surface area (Å²) in [6.07, 6.45) is -3.08. The topological polar surface area (TPSA) is 140 Å². The molecule has 1 saturated carbocycles. The Labute approximate surface area is 192 Å². The number of carbonyl (C=O) groups excluding carboxylic acids is 1. The van der Waals surface area contributed by atoms with Gasteiger partial charge in [0.2, 0.25) is 11.7 Å². The van der Waals surface area contributed by atoms with Crippen molar-refractivity contribution in [2.24, 2.45) is 0 Å². The molecule has 34 heavy (non-hydrogen) atoms. The molecular weight excluding hydrogens is 473 g/mol. The van der Waals surface area contributed by atoms with Crippen LogP contribution in [0.15, 0.2) is 41.4 Å². The van der Waals surface area contributed by atoms with E-state index in [-0.39, 0.29) is 24.6 Å². The van der Waals surface area contributed by atoms with E-state index in [1.165, 1.54) is 23.2 Å². The molecule has 1 aromatic heterocycles. The summed E-state index contributed by atoms with van der Waals surface area (Å²) in [4.78, 5) is 21.3. The van der Waals surface area contributed by atoms with Crippen molar-refractivity contribution in [1.82, 2.24) is 15.3 Å². The molecule has 2 unspecified atom stereocenters. The van der Waals surface area contributed by atoms with Crippen LogP contribution in [0.3, 0.4) is 0 Å². The van der Waals surface area contributed by atoms with E-state index in [0.717, 1.165) is 12.1 Å². The third kappa shape index (κ3) is 4.26. The summed E-state index contributed by atoms with van der Waals surface area (Å²) in [6, 6.07) is 7.88. The van der Waals surface area contributed by atoms with Crippen molar-refractivity contribution in [3.63, 3.8) is 0 Å². The molecule has 2 heterocycles. The lowest BCUT2D eigenvalue weighted by atomic mass is 10.1. The first-order valence-electron chi connectivity index (χ1n) is 10.1. The van der Waals surface area contributed by atoms with Crippen LogP contribution in [-0.4, -0.2) is 47.7 Å². The van der Waals surface area contributed by atoms with E-state index in [0.29, 0.717) is 18.9 Å². The highest BCUT2D eigenvalue weighted by atomic mass is 32.2. The van der Waals surface area contributed by atoms with Crippen LogP contribution >= 0.6 is 0 Å². The number of hydrogen-bond donors (Lipinski definition) is 1. The molecule has 1 aliphatic carbocycles.